The number of hydrogen-bond acceptors (Lipinski definition) is 4. The second kappa shape index (κ2) is 4.33. The molecule has 0 amide bonds. The minimum absolute atomic E-state index is 0.159. The van der Waals surface area contributed by atoms with E-state index in [-0.39, 0.29) is 5.78 Å². The number of ketones is 1. The monoisotopic (exact) mass is 242 g/mol. The number of aryl methyl sites for hydroxylation is 2. The van der Waals surface area contributed by atoms with E-state index in [4.69, 9.17) is 0 Å². The van der Waals surface area contributed by atoms with Gasteiger partial charge in [-0.15, -0.1) is 0 Å². The fraction of sp³-hybridized carbons (Fsp3) is 0.385. The third-order valence-electron chi connectivity index (χ3n) is 3.20. The molecule has 0 radical (unpaired) electrons. The predicted octanol–water partition coefficient (Wildman–Crippen LogP) is 1.88. The largest absolute Gasteiger partial charge is 0.294 e. The highest BCUT2D eigenvalue weighted by molar-refractivity contribution is 5.97. The summed E-state index contributed by atoms with van der Waals surface area (Å²) in [6.45, 7) is 2.85. The molecule has 2 aromatic heterocycles. The lowest BCUT2D eigenvalue weighted by Crippen LogP contribution is -2.13. The minimum Gasteiger partial charge on any atom is -0.294 e. The van der Waals surface area contributed by atoms with Crippen molar-refractivity contribution in [2.24, 2.45) is 0 Å². The van der Waals surface area contributed by atoms with Crippen LogP contribution >= 0.6 is 0 Å². The lowest BCUT2D eigenvalue weighted by molar-refractivity contribution is 0.0971. The van der Waals surface area contributed by atoms with Crippen molar-refractivity contribution in [2.45, 2.75) is 32.7 Å². The number of carbonyl (C=O) groups excluding carboxylic acids is 1. The van der Waals surface area contributed by atoms with Crippen LogP contribution in [0.3, 0.4) is 0 Å². The first kappa shape index (κ1) is 11.1. The van der Waals surface area contributed by atoms with Gasteiger partial charge in [-0.05, 0) is 19.8 Å². The molecular formula is C13H14N4O. The molecule has 0 fully saturated rings. The Labute approximate surface area is 105 Å². The fourth-order valence-electron chi connectivity index (χ4n) is 2.18. The van der Waals surface area contributed by atoms with Gasteiger partial charge in [0.1, 0.15) is 0 Å². The zero-order chi connectivity index (χ0) is 12.5. The van der Waals surface area contributed by atoms with Crippen molar-refractivity contribution in [1.82, 2.24) is 19.7 Å². The molecule has 0 saturated heterocycles. The predicted molar refractivity (Wildman–Crippen MR) is 66.2 cm³/mol. The highest BCUT2D eigenvalue weighted by Gasteiger charge is 2.19. The summed E-state index contributed by atoms with van der Waals surface area (Å²) >= 11 is 0. The summed E-state index contributed by atoms with van der Waals surface area (Å²) in [4.78, 5) is 20.5. The molecule has 92 valence electrons. The van der Waals surface area contributed by atoms with Gasteiger partial charge < -0.3 is 0 Å². The van der Waals surface area contributed by atoms with Crippen LogP contribution in [0, 0.1) is 0 Å². The van der Waals surface area contributed by atoms with Crippen molar-refractivity contribution in [3.8, 4) is 11.4 Å². The molecule has 0 atom stereocenters. The second-order valence-corrected chi connectivity index (χ2v) is 4.42. The van der Waals surface area contributed by atoms with E-state index in [1.165, 1.54) is 0 Å². The van der Waals surface area contributed by atoms with Crippen molar-refractivity contribution in [3.05, 3.63) is 29.8 Å². The lowest BCUT2D eigenvalue weighted by atomic mass is 9.96. The van der Waals surface area contributed by atoms with Crippen molar-refractivity contribution in [3.63, 3.8) is 0 Å². The van der Waals surface area contributed by atoms with E-state index in [0.717, 1.165) is 30.6 Å². The number of carbonyl (C=O) groups is 1. The van der Waals surface area contributed by atoms with E-state index in [0.29, 0.717) is 17.8 Å². The Morgan fingerprint density at radius 3 is 3.00 bits per heavy atom. The molecular weight excluding hydrogens is 228 g/mol. The van der Waals surface area contributed by atoms with Gasteiger partial charge in [0.05, 0.1) is 23.0 Å². The lowest BCUT2D eigenvalue weighted by Gasteiger charge is -2.13. The molecule has 3 rings (SSSR count). The van der Waals surface area contributed by atoms with Crippen LogP contribution in [0.15, 0.2) is 18.6 Å². The fourth-order valence-corrected chi connectivity index (χ4v) is 2.18. The third kappa shape index (κ3) is 1.81. The van der Waals surface area contributed by atoms with Gasteiger partial charge in [-0.3, -0.25) is 9.48 Å². The smallest absolute Gasteiger partial charge is 0.166 e. The first-order chi connectivity index (χ1) is 8.78. The molecule has 2 heterocycles. The highest BCUT2D eigenvalue weighted by Crippen LogP contribution is 2.22. The number of Topliss-reactive ketones (excluding diaryl/α,β-unsaturated/α-hetero) is 1. The summed E-state index contributed by atoms with van der Waals surface area (Å²) in [5, 5.41) is 4.21. The standard InChI is InChI=1S/C13H14N4O/c1-2-17-8-9(6-15-17)13-14-7-10-11(16-13)4-3-5-12(10)18/h6-8H,2-5H2,1H3. The van der Waals surface area contributed by atoms with Gasteiger partial charge in [0.2, 0.25) is 0 Å². The summed E-state index contributed by atoms with van der Waals surface area (Å²) in [7, 11) is 0. The number of rotatable bonds is 2. The average Bonchev–Trinajstić information content (AvgIpc) is 2.87. The quantitative estimate of drug-likeness (QED) is 0.806. The molecule has 2 aromatic rings. The van der Waals surface area contributed by atoms with Gasteiger partial charge >= 0.3 is 0 Å². The van der Waals surface area contributed by atoms with E-state index in [2.05, 4.69) is 15.1 Å². The van der Waals surface area contributed by atoms with E-state index in [1.807, 2.05) is 17.8 Å². The van der Waals surface area contributed by atoms with Gasteiger partial charge in [0, 0.05) is 25.4 Å². The maximum atomic E-state index is 11.7. The Morgan fingerprint density at radius 1 is 1.33 bits per heavy atom. The molecule has 0 aromatic carbocycles. The number of nitrogens with zero attached hydrogens (tertiary/aromatic N) is 4. The molecule has 5 heteroatoms. The normalized spacial score (nSPS) is 14.6. The van der Waals surface area contributed by atoms with Crippen LogP contribution in [0.5, 0.6) is 0 Å². The average molecular weight is 242 g/mol. The van der Waals surface area contributed by atoms with Crippen molar-refractivity contribution >= 4 is 5.78 Å². The summed E-state index contributed by atoms with van der Waals surface area (Å²) in [5.41, 5.74) is 2.46. The molecule has 0 aliphatic heterocycles. The maximum Gasteiger partial charge on any atom is 0.166 e. The first-order valence-corrected chi connectivity index (χ1v) is 6.20. The zero-order valence-electron chi connectivity index (χ0n) is 10.3. The van der Waals surface area contributed by atoms with E-state index < -0.39 is 0 Å². The number of aromatic nitrogens is 4. The van der Waals surface area contributed by atoms with Crippen LogP contribution in [-0.4, -0.2) is 25.5 Å². The SMILES string of the molecule is CCn1cc(-c2ncc3c(n2)CCCC3=O)cn1. The van der Waals surface area contributed by atoms with Crippen LogP contribution in [0.4, 0.5) is 0 Å². The van der Waals surface area contributed by atoms with E-state index in [1.54, 1.807) is 12.4 Å². The molecule has 18 heavy (non-hydrogen) atoms. The van der Waals surface area contributed by atoms with Crippen LogP contribution in [-0.2, 0) is 13.0 Å². The minimum atomic E-state index is 0.159. The Kier molecular flexibility index (Phi) is 2.66. The number of hydrogen-bond donors (Lipinski definition) is 0. The molecule has 5 nitrogen and oxygen atoms in total. The molecule has 1 aliphatic rings. The van der Waals surface area contributed by atoms with Gasteiger partial charge in [-0.2, -0.15) is 5.10 Å². The van der Waals surface area contributed by atoms with Gasteiger partial charge in [0.25, 0.3) is 0 Å². The Morgan fingerprint density at radius 2 is 2.22 bits per heavy atom. The van der Waals surface area contributed by atoms with Gasteiger partial charge in [-0.1, -0.05) is 0 Å². The molecule has 0 unspecified atom stereocenters. The second-order valence-electron chi connectivity index (χ2n) is 4.42. The highest BCUT2D eigenvalue weighted by atomic mass is 16.1. The first-order valence-electron chi connectivity index (χ1n) is 6.20. The summed E-state index contributed by atoms with van der Waals surface area (Å²) in [5.74, 6) is 0.815. The molecule has 1 aliphatic carbocycles. The molecule has 0 spiro atoms. The van der Waals surface area contributed by atoms with Crippen LogP contribution in [0.1, 0.15) is 35.8 Å². The summed E-state index contributed by atoms with van der Waals surface area (Å²) in [6, 6.07) is 0. The maximum absolute atomic E-state index is 11.7. The van der Waals surface area contributed by atoms with Crippen molar-refractivity contribution in [2.75, 3.05) is 0 Å². The Balaban J connectivity index is 2.01. The van der Waals surface area contributed by atoms with Crippen LogP contribution < -0.4 is 0 Å². The molecule has 0 N–H and O–H groups in total. The topological polar surface area (TPSA) is 60.7 Å². The summed E-state index contributed by atoms with van der Waals surface area (Å²) < 4.78 is 1.84. The van der Waals surface area contributed by atoms with E-state index >= 15 is 0 Å². The van der Waals surface area contributed by atoms with Crippen molar-refractivity contribution < 1.29 is 4.79 Å². The summed E-state index contributed by atoms with van der Waals surface area (Å²) in [6.07, 6.45) is 7.70. The molecule has 0 saturated carbocycles. The zero-order valence-corrected chi connectivity index (χ0v) is 10.3. The van der Waals surface area contributed by atoms with Gasteiger partial charge in [0.15, 0.2) is 11.6 Å². The molecule has 0 bridgehead atoms. The van der Waals surface area contributed by atoms with Crippen molar-refractivity contribution in [1.29, 1.82) is 0 Å². The Hall–Kier alpha value is -2.04. The van der Waals surface area contributed by atoms with Crippen LogP contribution in [0.2, 0.25) is 0 Å². The van der Waals surface area contributed by atoms with E-state index in [9.17, 15) is 4.79 Å². The third-order valence-corrected chi connectivity index (χ3v) is 3.20. The van der Waals surface area contributed by atoms with Crippen LogP contribution in [0.25, 0.3) is 11.4 Å². The van der Waals surface area contributed by atoms with Gasteiger partial charge in [-0.25, -0.2) is 9.97 Å². The number of fused-ring (bicyclic) bond motifs is 1. The Bertz CT molecular complexity index is 603.